The summed E-state index contributed by atoms with van der Waals surface area (Å²) in [6.07, 6.45) is -2.54. The molecule has 0 bridgehead atoms. The van der Waals surface area contributed by atoms with Gasteiger partial charge in [-0.1, -0.05) is 13.8 Å². The van der Waals surface area contributed by atoms with Crippen molar-refractivity contribution in [2.45, 2.75) is 26.4 Å². The Balaban J connectivity index is -0.000000423. The highest BCUT2D eigenvalue weighted by molar-refractivity contribution is 5.79. The maximum absolute atomic E-state index is 9.72. The lowest BCUT2D eigenvalue weighted by Crippen LogP contribution is -2.22. The maximum Gasteiger partial charge on any atom is 0.333 e. The van der Waals surface area contributed by atoms with E-state index in [0.717, 1.165) is 6.61 Å². The number of ether oxygens (including phenoxy) is 5. The van der Waals surface area contributed by atoms with Crippen molar-refractivity contribution < 1.29 is 63.9 Å². The molecule has 0 aliphatic rings. The van der Waals surface area contributed by atoms with Crippen molar-refractivity contribution >= 4 is 11.9 Å². The molecule has 1 atom stereocenters. The molecule has 6 N–H and O–H groups in total. The third-order valence-electron chi connectivity index (χ3n) is 2.93. The molecule has 0 amide bonds. The van der Waals surface area contributed by atoms with Gasteiger partial charge in [0.05, 0.1) is 85.7 Å². The molecular weight excluding hydrogens is 448 g/mol. The SMILES string of the molecule is CC(C)COCCOCCOCCO.O=C(O)CC(O)C(=O)O.OCCOCCOCCO. The summed E-state index contributed by atoms with van der Waals surface area (Å²) >= 11 is 0. The van der Waals surface area contributed by atoms with Gasteiger partial charge in [-0.3, -0.25) is 4.79 Å². The molecule has 13 nitrogen and oxygen atoms in total. The van der Waals surface area contributed by atoms with Crippen molar-refractivity contribution in [1.29, 1.82) is 0 Å². The summed E-state index contributed by atoms with van der Waals surface area (Å²) < 4.78 is 25.3. The van der Waals surface area contributed by atoms with Gasteiger partial charge in [0.25, 0.3) is 0 Å². The van der Waals surface area contributed by atoms with E-state index in [1.165, 1.54) is 0 Å². The van der Waals surface area contributed by atoms with Gasteiger partial charge in [0, 0.05) is 6.61 Å². The second kappa shape index (κ2) is 30.6. The number of carboxylic acid groups (broad SMARTS) is 2. The van der Waals surface area contributed by atoms with Crippen LogP contribution in [0.15, 0.2) is 0 Å². The average Bonchev–Trinajstić information content (AvgIpc) is 2.75. The van der Waals surface area contributed by atoms with Crippen LogP contribution >= 0.6 is 0 Å². The van der Waals surface area contributed by atoms with Crippen molar-refractivity contribution in [3.8, 4) is 0 Å². The zero-order valence-electron chi connectivity index (χ0n) is 19.6. The molecule has 0 fully saturated rings. The van der Waals surface area contributed by atoms with E-state index in [0.29, 0.717) is 65.4 Å². The molecule has 0 heterocycles. The number of carboxylic acids is 2. The van der Waals surface area contributed by atoms with Gasteiger partial charge in [-0.2, -0.15) is 0 Å². The molecular formula is C20H42O13. The molecule has 0 saturated carbocycles. The van der Waals surface area contributed by atoms with Gasteiger partial charge in [-0.05, 0) is 5.92 Å². The first-order valence-corrected chi connectivity index (χ1v) is 10.6. The fourth-order valence-corrected chi connectivity index (χ4v) is 1.53. The van der Waals surface area contributed by atoms with Gasteiger partial charge < -0.3 is 54.3 Å². The van der Waals surface area contributed by atoms with Gasteiger partial charge in [0.1, 0.15) is 0 Å². The number of rotatable bonds is 20. The fourth-order valence-electron chi connectivity index (χ4n) is 1.53. The van der Waals surface area contributed by atoms with E-state index in [1.54, 1.807) is 0 Å². The minimum atomic E-state index is -1.79. The molecule has 13 heteroatoms. The van der Waals surface area contributed by atoms with E-state index in [4.69, 9.17) is 54.3 Å². The first kappa shape index (κ1) is 36.2. The van der Waals surface area contributed by atoms with Crippen molar-refractivity contribution in [3.05, 3.63) is 0 Å². The second-order valence-electron chi connectivity index (χ2n) is 6.54. The quantitative estimate of drug-likeness (QED) is 0.109. The first-order chi connectivity index (χ1) is 15.7. The van der Waals surface area contributed by atoms with Gasteiger partial charge >= 0.3 is 11.9 Å². The predicted molar refractivity (Wildman–Crippen MR) is 116 cm³/mol. The van der Waals surface area contributed by atoms with Gasteiger partial charge in [0.2, 0.25) is 0 Å². The Morgan fingerprint density at radius 1 is 0.636 bits per heavy atom. The van der Waals surface area contributed by atoms with Crippen molar-refractivity contribution in [3.63, 3.8) is 0 Å². The normalized spacial score (nSPS) is 11.2. The molecule has 33 heavy (non-hydrogen) atoms. The first-order valence-electron chi connectivity index (χ1n) is 10.6. The lowest BCUT2D eigenvalue weighted by Gasteiger charge is -2.07. The zero-order valence-corrected chi connectivity index (χ0v) is 19.6. The summed E-state index contributed by atoms with van der Waals surface area (Å²) in [7, 11) is 0. The fraction of sp³-hybridized carbons (Fsp3) is 0.900. The number of aliphatic hydroxyl groups is 4. The molecule has 0 radical (unpaired) electrons. The zero-order chi connectivity index (χ0) is 25.7. The van der Waals surface area contributed by atoms with Crippen LogP contribution in [0.3, 0.4) is 0 Å². The molecule has 0 spiro atoms. The van der Waals surface area contributed by atoms with E-state index >= 15 is 0 Å². The van der Waals surface area contributed by atoms with Gasteiger partial charge in [-0.15, -0.1) is 0 Å². The van der Waals surface area contributed by atoms with Crippen LogP contribution in [0.2, 0.25) is 0 Å². The van der Waals surface area contributed by atoms with Crippen LogP contribution in [-0.2, 0) is 33.3 Å². The number of hydrogen-bond acceptors (Lipinski definition) is 11. The van der Waals surface area contributed by atoms with Crippen LogP contribution in [-0.4, -0.2) is 135 Å². The molecule has 0 aliphatic heterocycles. The Bertz CT molecular complexity index is 399. The Kier molecular flexibility index (Phi) is 33.5. The lowest BCUT2D eigenvalue weighted by atomic mass is 10.2. The van der Waals surface area contributed by atoms with Crippen molar-refractivity contribution in [1.82, 2.24) is 0 Å². The van der Waals surface area contributed by atoms with E-state index in [9.17, 15) is 9.59 Å². The number of aliphatic hydroxyl groups excluding tert-OH is 4. The second-order valence-corrected chi connectivity index (χ2v) is 6.54. The average molecular weight is 491 g/mol. The Hall–Kier alpha value is -1.42. The van der Waals surface area contributed by atoms with E-state index < -0.39 is 24.5 Å². The van der Waals surface area contributed by atoms with Crippen LogP contribution in [0.25, 0.3) is 0 Å². The minimum absolute atomic E-state index is 0.0417. The number of aliphatic carboxylic acids is 2. The third-order valence-corrected chi connectivity index (χ3v) is 2.93. The molecule has 0 aromatic heterocycles. The van der Waals surface area contributed by atoms with Crippen LogP contribution < -0.4 is 0 Å². The molecule has 0 saturated heterocycles. The maximum atomic E-state index is 9.72. The summed E-state index contributed by atoms with van der Waals surface area (Å²) in [4.78, 5) is 19.4. The monoisotopic (exact) mass is 490 g/mol. The Labute approximate surface area is 194 Å². The molecule has 0 rings (SSSR count). The summed E-state index contributed by atoms with van der Waals surface area (Å²) in [5.41, 5.74) is 0. The third kappa shape index (κ3) is 41.3. The highest BCUT2D eigenvalue weighted by Crippen LogP contribution is 1.92. The van der Waals surface area contributed by atoms with Crippen LogP contribution in [0.4, 0.5) is 0 Å². The predicted octanol–water partition coefficient (Wildman–Crippen LogP) is -1.40. The lowest BCUT2D eigenvalue weighted by molar-refractivity contribution is -0.152. The Morgan fingerprint density at radius 3 is 1.21 bits per heavy atom. The van der Waals surface area contributed by atoms with E-state index in [1.807, 2.05) is 0 Å². The largest absolute Gasteiger partial charge is 0.481 e. The molecule has 0 aromatic rings. The number of hydrogen-bond donors (Lipinski definition) is 6. The van der Waals surface area contributed by atoms with Gasteiger partial charge in [0.15, 0.2) is 6.10 Å². The number of carbonyl (C=O) groups is 2. The topological polar surface area (TPSA) is 202 Å². The highest BCUT2D eigenvalue weighted by Gasteiger charge is 2.16. The van der Waals surface area contributed by atoms with Gasteiger partial charge in [-0.25, -0.2) is 4.79 Å². The van der Waals surface area contributed by atoms with Crippen LogP contribution in [0.5, 0.6) is 0 Å². The summed E-state index contributed by atoms with van der Waals surface area (Å²) in [5, 5.41) is 49.1. The van der Waals surface area contributed by atoms with E-state index in [-0.39, 0.29) is 19.8 Å². The molecule has 200 valence electrons. The summed E-state index contributed by atoms with van der Waals surface area (Å²) in [6, 6.07) is 0. The standard InChI is InChI=1S/C10H22O4.C6H14O4.C4H6O5/c1-10(2)9-14-8-7-13-6-5-12-4-3-11;7-1-3-9-5-6-10-4-2-8;5-2(4(8)9)1-3(6)7/h10-11H,3-9H2,1-2H3;7-8H,1-6H2;2,5H,1H2,(H,6,7)(H,8,9). The molecule has 1 unspecified atom stereocenters. The van der Waals surface area contributed by atoms with Crippen LogP contribution in [0.1, 0.15) is 20.3 Å². The van der Waals surface area contributed by atoms with E-state index in [2.05, 4.69) is 13.8 Å². The Morgan fingerprint density at radius 2 is 0.970 bits per heavy atom. The summed E-state index contributed by atoms with van der Waals surface area (Å²) in [6.45, 7) is 9.53. The molecule has 0 aromatic carbocycles. The minimum Gasteiger partial charge on any atom is -0.481 e. The highest BCUT2D eigenvalue weighted by atomic mass is 16.5. The smallest absolute Gasteiger partial charge is 0.333 e. The molecule has 0 aliphatic carbocycles. The summed E-state index contributed by atoms with van der Waals surface area (Å²) in [5.74, 6) is -2.27. The van der Waals surface area contributed by atoms with Crippen molar-refractivity contribution in [2.24, 2.45) is 5.92 Å². The van der Waals surface area contributed by atoms with Crippen LogP contribution in [0, 0.1) is 5.92 Å². The van der Waals surface area contributed by atoms with Crippen molar-refractivity contribution in [2.75, 3.05) is 85.9 Å².